The van der Waals surface area contributed by atoms with Crippen molar-refractivity contribution in [1.29, 1.82) is 0 Å². The Morgan fingerprint density at radius 1 is 1.12 bits per heavy atom. The summed E-state index contributed by atoms with van der Waals surface area (Å²) in [6.45, 7) is 0.804. The maximum absolute atomic E-state index is 12.3. The van der Waals surface area contributed by atoms with Crippen LogP contribution in [-0.2, 0) is 0 Å². The van der Waals surface area contributed by atoms with Crippen LogP contribution in [0, 0.1) is 13.8 Å². The Hall–Kier alpha value is -2.97. The summed E-state index contributed by atoms with van der Waals surface area (Å²) in [4.78, 5) is 8.36. The zero-order valence-corrected chi connectivity index (χ0v) is 13.4. The molecular formula is C15H17F2N5O2. The van der Waals surface area contributed by atoms with Crippen LogP contribution in [0.4, 0.5) is 14.7 Å². The van der Waals surface area contributed by atoms with Gasteiger partial charge in [0.15, 0.2) is 11.5 Å². The van der Waals surface area contributed by atoms with Crippen molar-refractivity contribution >= 4 is 12.2 Å². The van der Waals surface area contributed by atoms with Crippen LogP contribution in [0.25, 0.3) is 0 Å². The standard InChI is InChI=1S/C15H17F2N5O2/c1-9-6-10(2)20-15(19-9)21-22-18-8-11-4-5-12(24-14(16)17)13(7-11)23-3/h4-8,14,22H,1-3H3,(H,19,20,21)/b18-8+. The van der Waals surface area contributed by atoms with Crippen molar-refractivity contribution in [3.05, 3.63) is 41.2 Å². The molecule has 9 heteroatoms. The summed E-state index contributed by atoms with van der Waals surface area (Å²) in [6, 6.07) is 6.32. The van der Waals surface area contributed by atoms with E-state index in [9.17, 15) is 8.78 Å². The first-order valence-electron chi connectivity index (χ1n) is 6.97. The fourth-order valence-electron chi connectivity index (χ4n) is 1.93. The van der Waals surface area contributed by atoms with Crippen LogP contribution in [0.1, 0.15) is 17.0 Å². The van der Waals surface area contributed by atoms with Gasteiger partial charge in [-0.05, 0) is 43.7 Å². The lowest BCUT2D eigenvalue weighted by atomic mass is 10.2. The third-order valence-electron chi connectivity index (χ3n) is 2.83. The number of benzene rings is 1. The largest absolute Gasteiger partial charge is 0.493 e. The first-order chi connectivity index (χ1) is 11.5. The summed E-state index contributed by atoms with van der Waals surface area (Å²) < 4.78 is 33.9. The van der Waals surface area contributed by atoms with Crippen molar-refractivity contribution in [2.75, 3.05) is 12.5 Å². The predicted octanol–water partition coefficient (Wildman–Crippen LogP) is 2.65. The molecule has 0 radical (unpaired) electrons. The summed E-state index contributed by atoms with van der Waals surface area (Å²) in [7, 11) is 1.37. The number of aryl methyl sites for hydroxylation is 2. The summed E-state index contributed by atoms with van der Waals surface area (Å²) in [5.74, 6) is 0.534. The van der Waals surface area contributed by atoms with Gasteiger partial charge in [0.2, 0.25) is 5.95 Å². The van der Waals surface area contributed by atoms with E-state index in [4.69, 9.17) is 4.74 Å². The summed E-state index contributed by atoms with van der Waals surface area (Å²) in [5.41, 5.74) is 7.62. The zero-order chi connectivity index (χ0) is 17.5. The molecule has 2 rings (SSSR count). The molecule has 7 nitrogen and oxygen atoms in total. The Kier molecular flexibility index (Phi) is 5.83. The lowest BCUT2D eigenvalue weighted by Gasteiger charge is -2.10. The van der Waals surface area contributed by atoms with Gasteiger partial charge in [0.25, 0.3) is 0 Å². The van der Waals surface area contributed by atoms with Crippen molar-refractivity contribution in [3.8, 4) is 11.5 Å². The zero-order valence-electron chi connectivity index (χ0n) is 13.4. The summed E-state index contributed by atoms with van der Waals surface area (Å²) in [6.07, 6.45) is 1.48. The number of anilines is 1. The number of nitrogens with zero attached hydrogens (tertiary/aromatic N) is 3. The first-order valence-corrected chi connectivity index (χ1v) is 6.97. The monoisotopic (exact) mass is 337 g/mol. The van der Waals surface area contributed by atoms with E-state index in [2.05, 4.69) is 30.8 Å². The van der Waals surface area contributed by atoms with Crippen molar-refractivity contribution < 1.29 is 18.3 Å². The van der Waals surface area contributed by atoms with Gasteiger partial charge < -0.3 is 9.47 Å². The lowest BCUT2D eigenvalue weighted by molar-refractivity contribution is -0.0512. The molecule has 1 aromatic carbocycles. The number of hydrogen-bond acceptors (Lipinski definition) is 7. The van der Waals surface area contributed by atoms with Crippen LogP contribution in [0.3, 0.4) is 0 Å². The highest BCUT2D eigenvalue weighted by Crippen LogP contribution is 2.28. The molecule has 0 aliphatic carbocycles. The van der Waals surface area contributed by atoms with E-state index in [1.165, 1.54) is 25.5 Å². The maximum Gasteiger partial charge on any atom is 0.387 e. The van der Waals surface area contributed by atoms with E-state index in [-0.39, 0.29) is 11.5 Å². The number of hydrazone groups is 1. The molecule has 24 heavy (non-hydrogen) atoms. The van der Waals surface area contributed by atoms with Gasteiger partial charge in [0.05, 0.1) is 13.3 Å². The number of ether oxygens (including phenoxy) is 2. The molecule has 0 unspecified atom stereocenters. The van der Waals surface area contributed by atoms with Crippen molar-refractivity contribution in [2.24, 2.45) is 5.10 Å². The van der Waals surface area contributed by atoms with E-state index in [1.807, 2.05) is 19.9 Å². The molecule has 128 valence electrons. The maximum atomic E-state index is 12.3. The molecule has 0 bridgehead atoms. The summed E-state index contributed by atoms with van der Waals surface area (Å²) >= 11 is 0. The van der Waals surface area contributed by atoms with Crippen molar-refractivity contribution in [1.82, 2.24) is 15.5 Å². The van der Waals surface area contributed by atoms with Crippen molar-refractivity contribution in [2.45, 2.75) is 20.5 Å². The van der Waals surface area contributed by atoms with E-state index in [0.29, 0.717) is 11.5 Å². The van der Waals surface area contributed by atoms with Gasteiger partial charge in [0, 0.05) is 11.4 Å². The third-order valence-corrected chi connectivity index (χ3v) is 2.83. The SMILES string of the molecule is COc1cc(/C=N/NNc2nc(C)cc(C)n2)ccc1OC(F)F. The van der Waals surface area contributed by atoms with Gasteiger partial charge >= 0.3 is 6.61 Å². The fraction of sp³-hybridized carbons (Fsp3) is 0.267. The van der Waals surface area contributed by atoms with Gasteiger partial charge in [-0.2, -0.15) is 13.9 Å². The summed E-state index contributed by atoms with van der Waals surface area (Å²) in [5, 5.41) is 3.95. The Balaban J connectivity index is 1.98. The van der Waals surface area contributed by atoms with Gasteiger partial charge in [-0.25, -0.2) is 15.5 Å². The normalized spacial score (nSPS) is 10.9. The van der Waals surface area contributed by atoms with Gasteiger partial charge in [-0.1, -0.05) is 0 Å². The average molecular weight is 337 g/mol. The van der Waals surface area contributed by atoms with Crippen molar-refractivity contribution in [3.63, 3.8) is 0 Å². The molecule has 0 saturated carbocycles. The molecule has 0 aliphatic rings. The molecule has 0 saturated heterocycles. The Labute approximate surface area is 137 Å². The van der Waals surface area contributed by atoms with Crippen LogP contribution in [-0.4, -0.2) is 29.9 Å². The number of aromatic nitrogens is 2. The van der Waals surface area contributed by atoms with E-state index >= 15 is 0 Å². The first kappa shape index (κ1) is 17.4. The minimum atomic E-state index is -2.91. The number of nitrogens with one attached hydrogen (secondary N) is 2. The molecular weight excluding hydrogens is 320 g/mol. The number of hydrogen-bond donors (Lipinski definition) is 2. The molecule has 2 aromatic rings. The number of methoxy groups -OCH3 is 1. The average Bonchev–Trinajstić information content (AvgIpc) is 2.51. The molecule has 0 amide bonds. The van der Waals surface area contributed by atoms with Crippen LogP contribution in [0.2, 0.25) is 0 Å². The van der Waals surface area contributed by atoms with E-state index < -0.39 is 6.61 Å². The second kappa shape index (κ2) is 8.04. The topological polar surface area (TPSA) is 80.7 Å². The number of halogens is 2. The molecule has 0 atom stereocenters. The number of alkyl halides is 2. The minimum Gasteiger partial charge on any atom is -0.493 e. The Bertz CT molecular complexity index is 705. The Morgan fingerprint density at radius 2 is 1.83 bits per heavy atom. The van der Waals surface area contributed by atoms with Crippen LogP contribution in [0.5, 0.6) is 11.5 Å². The molecule has 0 fully saturated rings. The number of hydrazine groups is 1. The minimum absolute atomic E-state index is 0.0422. The second-order valence-corrected chi connectivity index (χ2v) is 4.76. The number of rotatable bonds is 7. The fourth-order valence-corrected chi connectivity index (χ4v) is 1.93. The van der Waals surface area contributed by atoms with E-state index in [1.54, 1.807) is 6.07 Å². The lowest BCUT2D eigenvalue weighted by Crippen LogP contribution is -2.17. The van der Waals surface area contributed by atoms with Crippen LogP contribution >= 0.6 is 0 Å². The van der Waals surface area contributed by atoms with Gasteiger partial charge in [-0.15, -0.1) is 0 Å². The molecule has 2 N–H and O–H groups in total. The van der Waals surface area contributed by atoms with E-state index in [0.717, 1.165) is 11.4 Å². The highest BCUT2D eigenvalue weighted by atomic mass is 19.3. The third kappa shape index (κ3) is 5.04. The quantitative estimate of drug-likeness (QED) is 0.597. The highest BCUT2D eigenvalue weighted by molar-refractivity contribution is 5.80. The second-order valence-electron chi connectivity index (χ2n) is 4.76. The molecule has 0 spiro atoms. The van der Waals surface area contributed by atoms with Crippen LogP contribution in [0.15, 0.2) is 29.4 Å². The molecule has 1 aromatic heterocycles. The van der Waals surface area contributed by atoms with Gasteiger partial charge in [0.1, 0.15) is 0 Å². The van der Waals surface area contributed by atoms with Gasteiger partial charge in [-0.3, -0.25) is 5.43 Å². The Morgan fingerprint density at radius 3 is 2.46 bits per heavy atom. The predicted molar refractivity (Wildman–Crippen MR) is 85.5 cm³/mol. The smallest absolute Gasteiger partial charge is 0.387 e. The van der Waals surface area contributed by atoms with Crippen LogP contribution < -0.4 is 20.4 Å². The molecule has 1 heterocycles. The highest BCUT2D eigenvalue weighted by Gasteiger charge is 2.10. The molecule has 0 aliphatic heterocycles.